The summed E-state index contributed by atoms with van der Waals surface area (Å²) in [6, 6.07) is 13.2. The molecular formula is C24H26N2O5. The second-order valence-corrected chi connectivity index (χ2v) is 8.08. The second kappa shape index (κ2) is 8.63. The zero-order chi connectivity index (χ0) is 22.9. The standard InChI is InChI=1S/C24H26N2O5/c1-14(2)22(29)20-21(16-7-11-17(12-8-16)25(3)4)26(24(31)23(20)30)18-9-5-15(6-10-18)13-19(27)28/h5-12,14,21,30H,13H2,1-4H3,(H,27,28). The molecule has 1 amide bonds. The number of hydrogen-bond acceptors (Lipinski definition) is 5. The van der Waals surface area contributed by atoms with E-state index in [-0.39, 0.29) is 17.8 Å². The number of carboxylic acids is 1. The normalized spacial score (nSPS) is 16.2. The third kappa shape index (κ3) is 4.30. The predicted octanol–water partition coefficient (Wildman–Crippen LogP) is 3.50. The number of ketones is 1. The number of benzene rings is 2. The minimum atomic E-state index is -0.951. The summed E-state index contributed by atoms with van der Waals surface area (Å²) in [5.74, 6) is -2.84. The maximum absolute atomic E-state index is 13.0. The number of hydrogen-bond donors (Lipinski definition) is 2. The van der Waals surface area contributed by atoms with Gasteiger partial charge in [-0.25, -0.2) is 0 Å². The van der Waals surface area contributed by atoms with Gasteiger partial charge in [-0.1, -0.05) is 38.1 Å². The first-order valence-electron chi connectivity index (χ1n) is 10.0. The smallest absolute Gasteiger partial charge is 0.307 e. The van der Waals surface area contributed by atoms with Gasteiger partial charge < -0.3 is 15.1 Å². The minimum absolute atomic E-state index is 0.0761. The summed E-state index contributed by atoms with van der Waals surface area (Å²) < 4.78 is 0. The van der Waals surface area contributed by atoms with Crippen molar-refractivity contribution >= 4 is 29.0 Å². The summed E-state index contributed by atoms with van der Waals surface area (Å²) in [5, 5.41) is 19.6. The second-order valence-electron chi connectivity index (χ2n) is 8.08. The van der Waals surface area contributed by atoms with Crippen LogP contribution < -0.4 is 9.80 Å². The van der Waals surface area contributed by atoms with Crippen molar-refractivity contribution in [2.75, 3.05) is 23.9 Å². The van der Waals surface area contributed by atoms with Crippen molar-refractivity contribution < 1.29 is 24.6 Å². The molecule has 31 heavy (non-hydrogen) atoms. The molecular weight excluding hydrogens is 396 g/mol. The Morgan fingerprint density at radius 1 is 1.03 bits per heavy atom. The molecule has 0 spiro atoms. The highest BCUT2D eigenvalue weighted by Crippen LogP contribution is 2.42. The molecule has 1 aliphatic heterocycles. The van der Waals surface area contributed by atoms with Crippen LogP contribution in [0.2, 0.25) is 0 Å². The van der Waals surface area contributed by atoms with Crippen LogP contribution in [0.1, 0.15) is 31.0 Å². The van der Waals surface area contributed by atoms with Gasteiger partial charge in [0, 0.05) is 31.4 Å². The van der Waals surface area contributed by atoms with E-state index < -0.39 is 29.6 Å². The number of rotatable bonds is 7. The molecule has 1 unspecified atom stereocenters. The number of nitrogens with zero attached hydrogens (tertiary/aromatic N) is 2. The fraction of sp³-hybridized carbons (Fsp3) is 0.292. The first-order valence-corrected chi connectivity index (χ1v) is 10.0. The fourth-order valence-corrected chi connectivity index (χ4v) is 3.65. The largest absolute Gasteiger partial charge is 0.503 e. The molecule has 1 aliphatic rings. The lowest BCUT2D eigenvalue weighted by Crippen LogP contribution is -2.31. The van der Waals surface area contributed by atoms with Crippen molar-refractivity contribution in [3.05, 3.63) is 71.0 Å². The molecule has 0 saturated heterocycles. The number of Topliss-reactive ketones (excluding diaryl/α,β-unsaturated/α-hetero) is 1. The molecule has 2 aromatic carbocycles. The van der Waals surface area contributed by atoms with Gasteiger partial charge in [0.05, 0.1) is 18.0 Å². The van der Waals surface area contributed by atoms with Gasteiger partial charge in [-0.2, -0.15) is 0 Å². The average molecular weight is 422 g/mol. The lowest BCUT2D eigenvalue weighted by atomic mass is 9.91. The van der Waals surface area contributed by atoms with E-state index in [1.54, 1.807) is 38.1 Å². The van der Waals surface area contributed by atoms with Crippen LogP contribution in [-0.2, 0) is 20.8 Å². The molecule has 0 fully saturated rings. The zero-order valence-electron chi connectivity index (χ0n) is 18.0. The Morgan fingerprint density at radius 3 is 2.10 bits per heavy atom. The number of anilines is 2. The Labute approximate surface area is 181 Å². The highest BCUT2D eigenvalue weighted by molar-refractivity contribution is 6.16. The van der Waals surface area contributed by atoms with Gasteiger partial charge in [0.25, 0.3) is 5.91 Å². The Morgan fingerprint density at radius 2 is 1.61 bits per heavy atom. The maximum Gasteiger partial charge on any atom is 0.307 e. The summed E-state index contributed by atoms with van der Waals surface area (Å²) in [6.07, 6.45) is -0.135. The van der Waals surface area contributed by atoms with E-state index >= 15 is 0 Å². The van der Waals surface area contributed by atoms with Crippen molar-refractivity contribution in [2.24, 2.45) is 5.92 Å². The molecule has 0 bridgehead atoms. The van der Waals surface area contributed by atoms with Crippen LogP contribution in [0.4, 0.5) is 11.4 Å². The van der Waals surface area contributed by atoms with Gasteiger partial charge in [-0.15, -0.1) is 0 Å². The number of aliphatic carboxylic acids is 1. The molecule has 1 atom stereocenters. The lowest BCUT2D eigenvalue weighted by Gasteiger charge is -2.28. The first-order chi connectivity index (χ1) is 14.6. The highest BCUT2D eigenvalue weighted by atomic mass is 16.4. The van der Waals surface area contributed by atoms with Gasteiger partial charge in [-0.05, 0) is 35.4 Å². The average Bonchev–Trinajstić information content (AvgIpc) is 2.98. The Hall–Kier alpha value is -3.61. The van der Waals surface area contributed by atoms with Crippen molar-refractivity contribution in [3.63, 3.8) is 0 Å². The van der Waals surface area contributed by atoms with Crippen molar-refractivity contribution in [1.29, 1.82) is 0 Å². The van der Waals surface area contributed by atoms with Crippen molar-refractivity contribution in [2.45, 2.75) is 26.3 Å². The molecule has 1 heterocycles. The number of aliphatic hydroxyl groups excluding tert-OH is 1. The molecule has 0 aliphatic carbocycles. The Balaban J connectivity index is 2.09. The number of carboxylic acid groups (broad SMARTS) is 1. The van der Waals surface area contributed by atoms with Gasteiger partial charge >= 0.3 is 5.97 Å². The molecule has 0 radical (unpaired) electrons. The topological polar surface area (TPSA) is 98.2 Å². The zero-order valence-corrected chi connectivity index (χ0v) is 18.0. The summed E-state index contributed by atoms with van der Waals surface area (Å²) in [4.78, 5) is 40.3. The first kappa shape index (κ1) is 22.1. The molecule has 162 valence electrons. The SMILES string of the molecule is CC(C)C(=O)C1=C(O)C(=O)N(c2ccc(CC(=O)O)cc2)C1c1ccc(N(C)C)cc1. The van der Waals surface area contributed by atoms with Crippen molar-refractivity contribution in [1.82, 2.24) is 0 Å². The Bertz CT molecular complexity index is 1040. The van der Waals surface area contributed by atoms with E-state index in [9.17, 15) is 19.5 Å². The lowest BCUT2D eigenvalue weighted by molar-refractivity contribution is -0.136. The van der Waals surface area contributed by atoms with Gasteiger partial charge in [0.15, 0.2) is 11.5 Å². The predicted molar refractivity (Wildman–Crippen MR) is 118 cm³/mol. The molecule has 7 heteroatoms. The molecule has 7 nitrogen and oxygen atoms in total. The molecule has 3 rings (SSSR count). The number of carbonyl (C=O) groups is 3. The number of aliphatic hydroxyl groups is 1. The van der Waals surface area contributed by atoms with Gasteiger partial charge in [0.1, 0.15) is 0 Å². The third-order valence-electron chi connectivity index (χ3n) is 5.29. The van der Waals surface area contributed by atoms with Gasteiger partial charge in [-0.3, -0.25) is 19.3 Å². The summed E-state index contributed by atoms with van der Waals surface area (Å²) in [7, 11) is 3.83. The Kier molecular flexibility index (Phi) is 6.15. The van der Waals surface area contributed by atoms with E-state index in [4.69, 9.17) is 5.11 Å². The van der Waals surface area contributed by atoms with Crippen LogP contribution in [-0.4, -0.2) is 42.0 Å². The maximum atomic E-state index is 13.0. The van der Waals surface area contributed by atoms with Crippen LogP contribution >= 0.6 is 0 Å². The molecule has 2 aromatic rings. The monoisotopic (exact) mass is 422 g/mol. The summed E-state index contributed by atoms with van der Waals surface area (Å²) >= 11 is 0. The van der Waals surface area contributed by atoms with E-state index in [2.05, 4.69) is 0 Å². The molecule has 0 saturated carbocycles. The van der Waals surface area contributed by atoms with Crippen LogP contribution in [0.5, 0.6) is 0 Å². The molecule has 0 aromatic heterocycles. The summed E-state index contributed by atoms with van der Waals surface area (Å²) in [6.45, 7) is 3.45. The minimum Gasteiger partial charge on any atom is -0.503 e. The van der Waals surface area contributed by atoms with Crippen LogP contribution in [0.15, 0.2) is 59.9 Å². The van der Waals surface area contributed by atoms with Crippen LogP contribution in [0.25, 0.3) is 0 Å². The number of amides is 1. The highest BCUT2D eigenvalue weighted by Gasteiger charge is 2.44. The van der Waals surface area contributed by atoms with E-state index in [0.717, 1.165) is 5.69 Å². The van der Waals surface area contributed by atoms with E-state index in [0.29, 0.717) is 16.8 Å². The third-order valence-corrected chi connectivity index (χ3v) is 5.29. The number of carbonyl (C=O) groups excluding carboxylic acids is 2. The quantitative estimate of drug-likeness (QED) is 0.709. The van der Waals surface area contributed by atoms with Crippen LogP contribution in [0.3, 0.4) is 0 Å². The molecule has 2 N–H and O–H groups in total. The van der Waals surface area contributed by atoms with Gasteiger partial charge in [0.2, 0.25) is 0 Å². The van der Waals surface area contributed by atoms with Crippen molar-refractivity contribution in [3.8, 4) is 0 Å². The van der Waals surface area contributed by atoms with E-state index in [1.165, 1.54) is 4.90 Å². The fourth-order valence-electron chi connectivity index (χ4n) is 3.65. The van der Waals surface area contributed by atoms with Crippen LogP contribution in [0, 0.1) is 5.92 Å². The summed E-state index contributed by atoms with van der Waals surface area (Å²) in [5.41, 5.74) is 2.79. The van der Waals surface area contributed by atoms with E-state index in [1.807, 2.05) is 43.3 Å².